The van der Waals surface area contributed by atoms with Crippen molar-refractivity contribution in [3.8, 4) is 0 Å². The van der Waals surface area contributed by atoms with Crippen molar-refractivity contribution in [3.63, 3.8) is 0 Å². The lowest BCUT2D eigenvalue weighted by Gasteiger charge is -2.13. The number of hydrogen-bond donors (Lipinski definition) is 1. The monoisotopic (exact) mass is 354 g/mol. The number of pyridine rings is 1. The van der Waals surface area contributed by atoms with Crippen LogP contribution in [0.3, 0.4) is 0 Å². The average Bonchev–Trinajstić information content (AvgIpc) is 2.30. The van der Waals surface area contributed by atoms with E-state index < -0.39 is 0 Å². The summed E-state index contributed by atoms with van der Waals surface area (Å²) < 4.78 is 1.88. The molecule has 0 saturated carbocycles. The van der Waals surface area contributed by atoms with Crippen LogP contribution in [-0.4, -0.2) is 4.98 Å². The highest BCUT2D eigenvalue weighted by Gasteiger charge is 2.12. The van der Waals surface area contributed by atoms with Gasteiger partial charge in [-0.15, -0.1) is 0 Å². The van der Waals surface area contributed by atoms with E-state index in [1.54, 1.807) is 6.20 Å². The van der Waals surface area contributed by atoms with E-state index in [1.807, 2.05) is 24.3 Å². The Morgan fingerprint density at radius 1 is 1.18 bits per heavy atom. The number of nitrogens with zero attached hydrogens (tertiary/aromatic N) is 1. The van der Waals surface area contributed by atoms with Crippen molar-refractivity contribution < 1.29 is 0 Å². The van der Waals surface area contributed by atoms with E-state index in [2.05, 4.69) is 49.0 Å². The van der Waals surface area contributed by atoms with Crippen molar-refractivity contribution in [2.75, 3.05) is 0 Å². The summed E-state index contributed by atoms with van der Waals surface area (Å²) >= 11 is 6.87. The lowest BCUT2D eigenvalue weighted by molar-refractivity contribution is 0.692. The molecule has 0 amide bonds. The first-order chi connectivity index (χ1) is 8.16. The highest BCUT2D eigenvalue weighted by Crippen LogP contribution is 2.25. The highest BCUT2D eigenvalue weighted by atomic mass is 79.9. The molecule has 0 aliphatic rings. The Morgan fingerprint density at radius 3 is 2.53 bits per heavy atom. The number of nitrogens with two attached hydrogens (primary N) is 1. The summed E-state index contributed by atoms with van der Waals surface area (Å²) in [7, 11) is 0. The van der Waals surface area contributed by atoms with Crippen LogP contribution in [0.4, 0.5) is 0 Å². The third kappa shape index (κ3) is 3.37. The minimum Gasteiger partial charge on any atom is -0.322 e. The van der Waals surface area contributed by atoms with Crippen LogP contribution in [0.2, 0.25) is 0 Å². The Hall–Kier alpha value is -0.710. The first-order valence-corrected chi connectivity index (χ1v) is 6.86. The largest absolute Gasteiger partial charge is 0.322 e. The van der Waals surface area contributed by atoms with Gasteiger partial charge in [-0.05, 0) is 49.9 Å². The van der Waals surface area contributed by atoms with Crippen LogP contribution in [0.15, 0.2) is 51.5 Å². The second-order valence-electron chi connectivity index (χ2n) is 3.82. The average molecular weight is 356 g/mol. The highest BCUT2D eigenvalue weighted by molar-refractivity contribution is 9.11. The third-order valence-electron chi connectivity index (χ3n) is 2.49. The van der Waals surface area contributed by atoms with Crippen LogP contribution in [0.25, 0.3) is 0 Å². The molecule has 1 heterocycles. The summed E-state index contributed by atoms with van der Waals surface area (Å²) in [4.78, 5) is 4.36. The molecule has 1 atom stereocenters. The van der Waals surface area contributed by atoms with Crippen molar-refractivity contribution in [1.82, 2.24) is 4.98 Å². The van der Waals surface area contributed by atoms with Crippen LogP contribution in [0, 0.1) is 0 Å². The van der Waals surface area contributed by atoms with Gasteiger partial charge in [0, 0.05) is 15.1 Å². The predicted octanol–water partition coefficient (Wildman–Crippen LogP) is 3.85. The SMILES string of the molecule is NC(Cc1ccccc1)c1ncc(Br)cc1Br. The molecule has 4 heteroatoms. The summed E-state index contributed by atoms with van der Waals surface area (Å²) in [6.07, 6.45) is 2.55. The fourth-order valence-electron chi connectivity index (χ4n) is 1.66. The fourth-order valence-corrected chi connectivity index (χ4v) is 2.94. The van der Waals surface area contributed by atoms with Gasteiger partial charge in [0.15, 0.2) is 0 Å². The van der Waals surface area contributed by atoms with Gasteiger partial charge in [0.25, 0.3) is 0 Å². The molecule has 2 N–H and O–H groups in total. The molecule has 0 aliphatic heterocycles. The normalized spacial score (nSPS) is 12.4. The molecular weight excluding hydrogens is 344 g/mol. The van der Waals surface area contributed by atoms with Crippen molar-refractivity contribution in [2.45, 2.75) is 12.5 Å². The predicted molar refractivity (Wildman–Crippen MR) is 76.7 cm³/mol. The maximum atomic E-state index is 6.17. The Balaban J connectivity index is 2.17. The topological polar surface area (TPSA) is 38.9 Å². The van der Waals surface area contributed by atoms with E-state index in [4.69, 9.17) is 5.73 Å². The Labute approximate surface area is 118 Å². The molecule has 1 aromatic carbocycles. The summed E-state index contributed by atoms with van der Waals surface area (Å²) in [5.74, 6) is 0. The molecule has 2 aromatic rings. The molecular formula is C13H12Br2N2. The Bertz CT molecular complexity index is 500. The molecule has 2 nitrogen and oxygen atoms in total. The Morgan fingerprint density at radius 2 is 1.88 bits per heavy atom. The van der Waals surface area contributed by atoms with Crippen molar-refractivity contribution in [1.29, 1.82) is 0 Å². The van der Waals surface area contributed by atoms with E-state index in [-0.39, 0.29) is 6.04 Å². The maximum Gasteiger partial charge on any atom is 0.0716 e. The van der Waals surface area contributed by atoms with Gasteiger partial charge in [-0.2, -0.15) is 0 Å². The van der Waals surface area contributed by atoms with Gasteiger partial charge in [-0.1, -0.05) is 30.3 Å². The second kappa shape index (κ2) is 5.76. The van der Waals surface area contributed by atoms with Gasteiger partial charge in [0.2, 0.25) is 0 Å². The van der Waals surface area contributed by atoms with Crippen molar-refractivity contribution in [3.05, 3.63) is 62.8 Å². The van der Waals surface area contributed by atoms with Crippen LogP contribution in [0.5, 0.6) is 0 Å². The van der Waals surface area contributed by atoms with Crippen LogP contribution < -0.4 is 5.73 Å². The minimum absolute atomic E-state index is 0.0973. The van der Waals surface area contributed by atoms with E-state index in [9.17, 15) is 0 Å². The van der Waals surface area contributed by atoms with E-state index in [0.717, 1.165) is 21.1 Å². The zero-order valence-corrected chi connectivity index (χ0v) is 12.3. The van der Waals surface area contributed by atoms with Gasteiger partial charge in [-0.3, -0.25) is 4.98 Å². The third-order valence-corrected chi connectivity index (χ3v) is 3.55. The maximum absolute atomic E-state index is 6.17. The number of aromatic nitrogens is 1. The van der Waals surface area contributed by atoms with Crippen LogP contribution in [-0.2, 0) is 6.42 Å². The molecule has 88 valence electrons. The smallest absolute Gasteiger partial charge is 0.0716 e. The molecule has 1 aromatic heterocycles. The lowest BCUT2D eigenvalue weighted by Crippen LogP contribution is -2.15. The molecule has 0 spiro atoms. The number of hydrogen-bond acceptors (Lipinski definition) is 2. The minimum atomic E-state index is -0.0973. The zero-order valence-electron chi connectivity index (χ0n) is 9.11. The lowest BCUT2D eigenvalue weighted by atomic mass is 10.0. The van der Waals surface area contributed by atoms with Gasteiger partial charge in [-0.25, -0.2) is 0 Å². The first-order valence-electron chi connectivity index (χ1n) is 5.27. The summed E-state index contributed by atoms with van der Waals surface area (Å²) in [6.45, 7) is 0. The summed E-state index contributed by atoms with van der Waals surface area (Å²) in [5, 5.41) is 0. The molecule has 0 bridgehead atoms. The molecule has 2 rings (SSSR count). The quantitative estimate of drug-likeness (QED) is 0.908. The van der Waals surface area contributed by atoms with Crippen LogP contribution in [0.1, 0.15) is 17.3 Å². The molecule has 0 aliphatic carbocycles. The second-order valence-corrected chi connectivity index (χ2v) is 5.59. The van der Waals surface area contributed by atoms with Crippen molar-refractivity contribution >= 4 is 31.9 Å². The number of benzene rings is 1. The van der Waals surface area contributed by atoms with Gasteiger partial charge >= 0.3 is 0 Å². The molecule has 0 radical (unpaired) electrons. The van der Waals surface area contributed by atoms with E-state index in [0.29, 0.717) is 0 Å². The molecule has 0 fully saturated rings. The van der Waals surface area contributed by atoms with Gasteiger partial charge in [0.1, 0.15) is 0 Å². The standard InChI is InChI=1S/C13H12Br2N2/c14-10-7-11(15)13(17-8-10)12(16)6-9-4-2-1-3-5-9/h1-5,7-8,12H,6,16H2. The van der Waals surface area contributed by atoms with Crippen molar-refractivity contribution in [2.24, 2.45) is 5.73 Å². The summed E-state index contributed by atoms with van der Waals surface area (Å²) in [5.41, 5.74) is 8.28. The molecule has 17 heavy (non-hydrogen) atoms. The fraction of sp³-hybridized carbons (Fsp3) is 0.154. The molecule has 0 saturated heterocycles. The number of rotatable bonds is 3. The number of halogens is 2. The molecule has 1 unspecified atom stereocenters. The van der Waals surface area contributed by atoms with E-state index in [1.165, 1.54) is 5.56 Å². The summed E-state index contributed by atoms with van der Waals surface area (Å²) in [6, 6.07) is 12.1. The zero-order chi connectivity index (χ0) is 12.3. The van der Waals surface area contributed by atoms with Crippen LogP contribution >= 0.6 is 31.9 Å². The van der Waals surface area contributed by atoms with Gasteiger partial charge in [0.05, 0.1) is 11.7 Å². The Kier molecular flexibility index (Phi) is 4.31. The van der Waals surface area contributed by atoms with E-state index >= 15 is 0 Å². The first kappa shape index (κ1) is 12.7. The van der Waals surface area contributed by atoms with Gasteiger partial charge < -0.3 is 5.73 Å².